The Kier molecular flexibility index (Phi) is 2.11. The van der Waals surface area contributed by atoms with Crippen LogP contribution in [-0.2, 0) is 6.42 Å². The van der Waals surface area contributed by atoms with E-state index in [1.165, 1.54) is 15.6 Å². The van der Waals surface area contributed by atoms with Crippen LogP contribution in [-0.4, -0.2) is 6.54 Å². The highest BCUT2D eigenvalue weighted by molar-refractivity contribution is 7.17. The summed E-state index contributed by atoms with van der Waals surface area (Å²) in [6, 6.07) is 8.69. The van der Waals surface area contributed by atoms with E-state index in [9.17, 15) is 0 Å². The average Bonchev–Trinajstić information content (AvgIpc) is 2.51. The van der Waals surface area contributed by atoms with Gasteiger partial charge in [-0.2, -0.15) is 0 Å². The van der Waals surface area contributed by atoms with Gasteiger partial charge in [-0.25, -0.2) is 0 Å². The Bertz CT molecular complexity index is 378. The average molecular weight is 177 g/mol. The first kappa shape index (κ1) is 7.77. The van der Waals surface area contributed by atoms with E-state index < -0.39 is 0 Å². The van der Waals surface area contributed by atoms with Gasteiger partial charge in [-0.1, -0.05) is 12.1 Å². The minimum absolute atomic E-state index is 0.733. The maximum atomic E-state index is 5.48. The second-order valence-electron chi connectivity index (χ2n) is 2.83. The molecule has 2 heteroatoms. The molecule has 1 aromatic heterocycles. The van der Waals surface area contributed by atoms with Crippen molar-refractivity contribution in [3.8, 4) is 0 Å². The van der Waals surface area contributed by atoms with Gasteiger partial charge in [0.05, 0.1) is 0 Å². The first-order valence-corrected chi connectivity index (χ1v) is 4.94. The van der Waals surface area contributed by atoms with Crippen LogP contribution in [0.4, 0.5) is 0 Å². The first-order valence-electron chi connectivity index (χ1n) is 4.06. The summed E-state index contributed by atoms with van der Waals surface area (Å²) in [6.45, 7) is 0.733. The summed E-state index contributed by atoms with van der Waals surface area (Å²) in [5, 5.41) is 3.46. The molecule has 62 valence electrons. The maximum absolute atomic E-state index is 5.48. The third kappa shape index (κ3) is 1.36. The van der Waals surface area contributed by atoms with Gasteiger partial charge in [0.25, 0.3) is 0 Å². The first-order chi connectivity index (χ1) is 5.90. The van der Waals surface area contributed by atoms with Crippen molar-refractivity contribution in [2.45, 2.75) is 6.42 Å². The van der Waals surface area contributed by atoms with Gasteiger partial charge >= 0.3 is 0 Å². The molecule has 0 atom stereocenters. The Morgan fingerprint density at radius 2 is 2.17 bits per heavy atom. The lowest BCUT2D eigenvalue weighted by Gasteiger charge is -1.97. The number of benzene rings is 1. The van der Waals surface area contributed by atoms with Crippen LogP contribution in [0.1, 0.15) is 5.56 Å². The van der Waals surface area contributed by atoms with E-state index in [1.54, 1.807) is 11.3 Å². The molecule has 0 fully saturated rings. The van der Waals surface area contributed by atoms with Crippen LogP contribution < -0.4 is 5.73 Å². The van der Waals surface area contributed by atoms with Crippen molar-refractivity contribution >= 4 is 21.4 Å². The molecule has 12 heavy (non-hydrogen) atoms. The largest absolute Gasteiger partial charge is 0.330 e. The molecule has 0 aliphatic carbocycles. The maximum Gasteiger partial charge on any atom is 0.0345 e. The highest BCUT2D eigenvalue weighted by Crippen LogP contribution is 2.21. The van der Waals surface area contributed by atoms with Gasteiger partial charge in [-0.05, 0) is 41.4 Å². The molecule has 0 spiro atoms. The van der Waals surface area contributed by atoms with Gasteiger partial charge in [-0.3, -0.25) is 0 Å². The van der Waals surface area contributed by atoms with E-state index in [4.69, 9.17) is 5.73 Å². The van der Waals surface area contributed by atoms with Crippen molar-refractivity contribution in [1.82, 2.24) is 0 Å². The van der Waals surface area contributed by atoms with Crippen molar-refractivity contribution in [3.63, 3.8) is 0 Å². The number of nitrogens with two attached hydrogens (primary N) is 1. The molecular weight excluding hydrogens is 166 g/mol. The van der Waals surface area contributed by atoms with Crippen LogP contribution in [0.15, 0.2) is 29.6 Å². The van der Waals surface area contributed by atoms with Crippen LogP contribution in [0.3, 0.4) is 0 Å². The van der Waals surface area contributed by atoms with Crippen LogP contribution in [0.2, 0.25) is 0 Å². The smallest absolute Gasteiger partial charge is 0.0345 e. The summed E-state index contributed by atoms with van der Waals surface area (Å²) in [5.74, 6) is 0. The Morgan fingerprint density at radius 1 is 1.25 bits per heavy atom. The molecular formula is C10H11NS. The molecule has 1 nitrogen and oxygen atoms in total. The van der Waals surface area contributed by atoms with Crippen LogP contribution in [0, 0.1) is 0 Å². The van der Waals surface area contributed by atoms with Crippen LogP contribution in [0.5, 0.6) is 0 Å². The Labute approximate surface area is 75.8 Å². The summed E-state index contributed by atoms with van der Waals surface area (Å²) in [5.41, 5.74) is 6.82. The number of hydrogen-bond donors (Lipinski definition) is 1. The van der Waals surface area contributed by atoms with Gasteiger partial charge in [-0.15, -0.1) is 11.3 Å². The molecule has 0 amide bonds. The van der Waals surface area contributed by atoms with E-state index in [0.29, 0.717) is 0 Å². The Morgan fingerprint density at radius 3 is 3.00 bits per heavy atom. The number of fused-ring (bicyclic) bond motifs is 1. The predicted octanol–water partition coefficient (Wildman–Crippen LogP) is 2.40. The van der Waals surface area contributed by atoms with Crippen molar-refractivity contribution in [2.75, 3.05) is 6.54 Å². The van der Waals surface area contributed by atoms with E-state index in [-0.39, 0.29) is 0 Å². The summed E-state index contributed by atoms with van der Waals surface area (Å²) in [6.07, 6.45) is 0.980. The summed E-state index contributed by atoms with van der Waals surface area (Å²) >= 11 is 1.79. The minimum atomic E-state index is 0.733. The molecule has 0 aliphatic heterocycles. The van der Waals surface area contributed by atoms with E-state index in [1.807, 2.05) is 0 Å². The molecule has 2 N–H and O–H groups in total. The lowest BCUT2D eigenvalue weighted by atomic mass is 10.1. The fourth-order valence-electron chi connectivity index (χ4n) is 1.32. The molecule has 2 aromatic rings. The highest BCUT2D eigenvalue weighted by atomic mass is 32.1. The van der Waals surface area contributed by atoms with Gasteiger partial charge in [0, 0.05) is 4.70 Å². The molecule has 0 unspecified atom stereocenters. The van der Waals surface area contributed by atoms with Crippen molar-refractivity contribution in [1.29, 1.82) is 0 Å². The number of rotatable bonds is 2. The van der Waals surface area contributed by atoms with Gasteiger partial charge in [0.15, 0.2) is 0 Å². The van der Waals surface area contributed by atoms with Crippen LogP contribution in [0.25, 0.3) is 10.1 Å². The monoisotopic (exact) mass is 177 g/mol. The molecule has 0 saturated heterocycles. The van der Waals surface area contributed by atoms with Crippen molar-refractivity contribution < 1.29 is 0 Å². The fourth-order valence-corrected chi connectivity index (χ4v) is 2.17. The fraction of sp³-hybridized carbons (Fsp3) is 0.200. The topological polar surface area (TPSA) is 26.0 Å². The zero-order valence-electron chi connectivity index (χ0n) is 6.79. The van der Waals surface area contributed by atoms with Crippen molar-refractivity contribution in [3.05, 3.63) is 35.2 Å². The molecule has 1 heterocycles. The number of thiophene rings is 1. The third-order valence-electron chi connectivity index (χ3n) is 1.95. The van der Waals surface area contributed by atoms with Crippen LogP contribution >= 0.6 is 11.3 Å². The summed E-state index contributed by atoms with van der Waals surface area (Å²) in [4.78, 5) is 0. The second-order valence-corrected chi connectivity index (χ2v) is 3.78. The molecule has 0 bridgehead atoms. The minimum Gasteiger partial charge on any atom is -0.330 e. The van der Waals surface area contributed by atoms with E-state index in [0.717, 1.165) is 13.0 Å². The molecule has 2 rings (SSSR count). The van der Waals surface area contributed by atoms with Gasteiger partial charge in [0.1, 0.15) is 0 Å². The Hall–Kier alpha value is -0.860. The standard InChI is InChI=1S/C10H11NS/c11-5-3-8-1-2-9-4-6-12-10(9)7-8/h1-2,4,6-7H,3,5,11H2. The van der Waals surface area contributed by atoms with E-state index in [2.05, 4.69) is 29.6 Å². The molecule has 0 radical (unpaired) electrons. The lowest BCUT2D eigenvalue weighted by molar-refractivity contribution is 0.971. The van der Waals surface area contributed by atoms with Gasteiger partial charge < -0.3 is 5.73 Å². The normalized spacial score (nSPS) is 10.8. The quantitative estimate of drug-likeness (QED) is 0.749. The molecule has 0 aliphatic rings. The second kappa shape index (κ2) is 3.25. The molecule has 1 aromatic carbocycles. The molecule has 0 saturated carbocycles. The van der Waals surface area contributed by atoms with Crippen molar-refractivity contribution in [2.24, 2.45) is 5.73 Å². The summed E-state index contributed by atoms with van der Waals surface area (Å²) < 4.78 is 1.36. The predicted molar refractivity (Wildman–Crippen MR) is 54.6 cm³/mol. The van der Waals surface area contributed by atoms with Gasteiger partial charge in [0.2, 0.25) is 0 Å². The zero-order valence-corrected chi connectivity index (χ0v) is 7.60. The summed E-state index contributed by atoms with van der Waals surface area (Å²) in [7, 11) is 0. The lowest BCUT2D eigenvalue weighted by Crippen LogP contribution is -2.01. The zero-order chi connectivity index (χ0) is 8.39. The number of hydrogen-bond acceptors (Lipinski definition) is 2. The van der Waals surface area contributed by atoms with E-state index >= 15 is 0 Å². The highest BCUT2D eigenvalue weighted by Gasteiger charge is 1.95. The SMILES string of the molecule is NCCc1ccc2ccsc2c1. The third-order valence-corrected chi connectivity index (χ3v) is 2.83. The Balaban J connectivity index is 2.46.